The van der Waals surface area contributed by atoms with Crippen LogP contribution in [0.4, 0.5) is 0 Å². The first-order chi connectivity index (χ1) is 8.80. The van der Waals surface area contributed by atoms with Gasteiger partial charge >= 0.3 is 142 Å². The fraction of sp³-hybridized carbons (Fsp3) is 1.00. The average Bonchev–Trinajstić information content (AvgIpc) is 2.40. The van der Waals surface area contributed by atoms with E-state index in [0.29, 0.717) is 0 Å². The molecule has 0 bridgehead atoms. The molecule has 0 aromatic heterocycles. The maximum atomic E-state index is 4.17. The van der Waals surface area contributed by atoms with Crippen LogP contribution < -0.4 is 3.61 Å². The van der Waals surface area contributed by atoms with Crippen molar-refractivity contribution in [3.63, 3.8) is 0 Å². The van der Waals surface area contributed by atoms with Crippen molar-refractivity contribution in [2.24, 2.45) is 0 Å². The number of nitrogens with one attached hydrogen (secondary N) is 3. The van der Waals surface area contributed by atoms with E-state index in [1.54, 1.807) is 12.4 Å². The predicted molar refractivity (Wildman–Crippen MR) is 85.8 cm³/mol. The van der Waals surface area contributed by atoms with Crippen LogP contribution in [0.5, 0.6) is 0 Å². The number of unbranched alkanes of at least 4 members (excludes halogenated alkanes) is 3. The molecule has 1 heterocycles. The molecule has 0 aliphatic carbocycles. The Kier molecular flexibility index (Phi) is 12.5. The molecule has 0 spiro atoms. The maximum absolute atomic E-state index is 4.17. The van der Waals surface area contributed by atoms with E-state index in [-0.39, 0.29) is 0 Å². The molecule has 0 aromatic rings. The molecule has 0 atom stereocenters. The Balaban J connectivity index is 2.38. The van der Waals surface area contributed by atoms with Crippen molar-refractivity contribution in [3.8, 4) is 0 Å². The van der Waals surface area contributed by atoms with Crippen molar-refractivity contribution < 1.29 is 0 Å². The molecular formula is C12H30Bi3N3. The van der Waals surface area contributed by atoms with E-state index in [4.69, 9.17) is 0 Å². The van der Waals surface area contributed by atoms with Crippen molar-refractivity contribution in [3.05, 3.63) is 0 Å². The van der Waals surface area contributed by atoms with E-state index in [9.17, 15) is 0 Å². The van der Waals surface area contributed by atoms with Crippen molar-refractivity contribution >= 4 is 67.0 Å². The van der Waals surface area contributed by atoms with Gasteiger partial charge in [-0.05, 0) is 0 Å². The standard InChI is InChI=1S/3C4H9.3Bi.3HN/c3*1-3-4-2;;;;;;/h3*1,3-4H2,2H3;;;;3*1H. The Morgan fingerprint density at radius 3 is 1.06 bits per heavy atom. The molecule has 1 aliphatic rings. The molecule has 3 nitrogen and oxygen atoms in total. The second-order valence-electron chi connectivity index (χ2n) is 4.82. The molecule has 6 heteroatoms. The number of hydrogen-bond acceptors (Lipinski definition) is 3. The third-order valence-electron chi connectivity index (χ3n) is 2.93. The fourth-order valence-corrected chi connectivity index (χ4v) is 110. The molecule has 1 saturated heterocycles. The van der Waals surface area contributed by atoms with E-state index in [1.807, 2.05) is 0 Å². The third kappa shape index (κ3) is 8.09. The van der Waals surface area contributed by atoms with Crippen molar-refractivity contribution in [1.82, 2.24) is 3.61 Å². The van der Waals surface area contributed by atoms with E-state index in [0.717, 1.165) is 0 Å². The van der Waals surface area contributed by atoms with Gasteiger partial charge in [0.1, 0.15) is 0 Å². The minimum absolute atomic E-state index is 1.38. The summed E-state index contributed by atoms with van der Waals surface area (Å²) in [5.41, 5.74) is 0. The topological polar surface area (TPSA) is 36.1 Å². The summed E-state index contributed by atoms with van der Waals surface area (Å²) in [6.45, 7) is 7.00. The minimum atomic E-state index is -1.39. The van der Waals surface area contributed by atoms with Gasteiger partial charge < -0.3 is 0 Å². The molecule has 3 N–H and O–H groups in total. The molecular weight excluding hydrogens is 813 g/mol. The normalized spacial score (nSPS) is 19.5. The van der Waals surface area contributed by atoms with Gasteiger partial charge in [0.2, 0.25) is 0 Å². The summed E-state index contributed by atoms with van der Waals surface area (Å²) in [5.74, 6) is 0. The Bertz CT molecular complexity index is 168. The van der Waals surface area contributed by atoms with Gasteiger partial charge in [0.15, 0.2) is 0 Å². The molecule has 0 unspecified atom stereocenters. The predicted octanol–water partition coefficient (Wildman–Crippen LogP) is 2.63. The average molecular weight is 843 g/mol. The summed E-state index contributed by atoms with van der Waals surface area (Å²) >= 11 is -4.16. The molecule has 18 heavy (non-hydrogen) atoms. The van der Waals surface area contributed by atoms with Gasteiger partial charge in [0.25, 0.3) is 0 Å². The second-order valence-corrected chi connectivity index (χ2v) is 42.8. The van der Waals surface area contributed by atoms with E-state index < -0.39 is 67.0 Å². The molecule has 108 valence electrons. The number of rotatable bonds is 9. The van der Waals surface area contributed by atoms with Crippen LogP contribution in [-0.2, 0) is 0 Å². The Morgan fingerprint density at radius 2 is 0.833 bits per heavy atom. The van der Waals surface area contributed by atoms with Crippen LogP contribution in [-0.4, -0.2) is 67.0 Å². The zero-order chi connectivity index (χ0) is 13.2. The van der Waals surface area contributed by atoms with E-state index in [2.05, 4.69) is 24.4 Å². The molecule has 1 fully saturated rings. The monoisotopic (exact) mass is 843 g/mol. The fourth-order valence-electron chi connectivity index (χ4n) is 1.75. The summed E-state index contributed by atoms with van der Waals surface area (Å²) in [6, 6.07) is 0. The molecule has 1 aliphatic heterocycles. The van der Waals surface area contributed by atoms with Crippen molar-refractivity contribution in [2.45, 2.75) is 71.7 Å². The van der Waals surface area contributed by atoms with Crippen molar-refractivity contribution in [1.29, 1.82) is 0 Å². The first kappa shape index (κ1) is 18.6. The SMILES string of the molecule is CCC[CH2][Bi]1[NH][Bi]([CH2]CCC)[NH][Bi]([CH2]CCC)[NH]1. The quantitative estimate of drug-likeness (QED) is 0.313. The van der Waals surface area contributed by atoms with E-state index in [1.165, 1.54) is 38.5 Å². The second kappa shape index (κ2) is 12.1. The third-order valence-corrected chi connectivity index (χ3v) is 66.9. The van der Waals surface area contributed by atoms with Gasteiger partial charge in [0.05, 0.1) is 0 Å². The molecule has 0 saturated carbocycles. The van der Waals surface area contributed by atoms with E-state index >= 15 is 0 Å². The number of hydrogen-bond donors (Lipinski definition) is 3. The van der Waals surface area contributed by atoms with Crippen LogP contribution in [0, 0.1) is 0 Å². The van der Waals surface area contributed by atoms with Gasteiger partial charge in [-0.3, -0.25) is 0 Å². The van der Waals surface area contributed by atoms with Crippen LogP contribution in [0.1, 0.15) is 59.3 Å². The first-order valence-electron chi connectivity index (χ1n) is 7.41. The van der Waals surface area contributed by atoms with Gasteiger partial charge in [-0.15, -0.1) is 0 Å². The van der Waals surface area contributed by atoms with Gasteiger partial charge in [-0.1, -0.05) is 0 Å². The molecule has 0 amide bonds. The summed E-state index contributed by atoms with van der Waals surface area (Å²) in [4.78, 5) is 0. The summed E-state index contributed by atoms with van der Waals surface area (Å²) in [5, 5.41) is 0. The van der Waals surface area contributed by atoms with Crippen LogP contribution >= 0.6 is 0 Å². The van der Waals surface area contributed by atoms with Gasteiger partial charge in [-0.2, -0.15) is 0 Å². The first-order valence-corrected chi connectivity index (χ1v) is 25.2. The summed E-state index contributed by atoms with van der Waals surface area (Å²) < 4.78 is 17.2. The summed E-state index contributed by atoms with van der Waals surface area (Å²) in [6.07, 6.45) is 8.54. The van der Waals surface area contributed by atoms with Crippen LogP contribution in [0.3, 0.4) is 0 Å². The Hall–Kier alpha value is 2.53. The summed E-state index contributed by atoms with van der Waals surface area (Å²) in [7, 11) is 0. The Morgan fingerprint density at radius 1 is 0.556 bits per heavy atom. The molecule has 0 radical (unpaired) electrons. The zero-order valence-electron chi connectivity index (χ0n) is 12.2. The van der Waals surface area contributed by atoms with Crippen LogP contribution in [0.25, 0.3) is 0 Å². The van der Waals surface area contributed by atoms with Crippen LogP contribution in [0.2, 0.25) is 12.4 Å². The van der Waals surface area contributed by atoms with Crippen LogP contribution in [0.15, 0.2) is 0 Å². The molecule has 0 aromatic carbocycles. The zero-order valence-corrected chi connectivity index (χ0v) is 22.6. The van der Waals surface area contributed by atoms with Gasteiger partial charge in [-0.25, -0.2) is 0 Å². The van der Waals surface area contributed by atoms with Crippen molar-refractivity contribution in [2.75, 3.05) is 0 Å². The van der Waals surface area contributed by atoms with Gasteiger partial charge in [0, 0.05) is 0 Å². The Labute approximate surface area is 140 Å². The molecule has 1 rings (SSSR count).